The summed E-state index contributed by atoms with van der Waals surface area (Å²) in [7, 11) is 0. The van der Waals surface area contributed by atoms with Gasteiger partial charge >= 0.3 is 0 Å². The Hall–Kier alpha value is -1.75. The lowest BCUT2D eigenvalue weighted by atomic mass is 10.2. The molecule has 5 heteroatoms. The standard InChI is InChI=1S/C11H15N5/c1-2-10(12)11-8-16(15-14-11)7-9-3-5-13-6-4-9/h3-6,8,10H,2,7,12H2,1H3. The molecule has 1 atom stereocenters. The molecule has 5 nitrogen and oxygen atoms in total. The van der Waals surface area contributed by atoms with E-state index in [1.165, 1.54) is 0 Å². The van der Waals surface area contributed by atoms with Crippen LogP contribution in [-0.4, -0.2) is 20.0 Å². The van der Waals surface area contributed by atoms with Gasteiger partial charge in [-0.3, -0.25) is 4.98 Å². The molecule has 0 radical (unpaired) electrons. The van der Waals surface area contributed by atoms with Crippen molar-refractivity contribution in [3.8, 4) is 0 Å². The van der Waals surface area contributed by atoms with Gasteiger partial charge in [0.05, 0.1) is 24.5 Å². The Morgan fingerprint density at radius 1 is 1.38 bits per heavy atom. The first kappa shape index (κ1) is 10.8. The van der Waals surface area contributed by atoms with Crippen LogP contribution in [0.2, 0.25) is 0 Å². The van der Waals surface area contributed by atoms with Crippen LogP contribution in [0.3, 0.4) is 0 Å². The molecule has 2 rings (SSSR count). The number of hydrogen-bond acceptors (Lipinski definition) is 4. The van der Waals surface area contributed by atoms with Crippen molar-refractivity contribution in [2.75, 3.05) is 0 Å². The number of nitrogens with two attached hydrogens (primary N) is 1. The third kappa shape index (κ3) is 2.43. The van der Waals surface area contributed by atoms with E-state index in [2.05, 4.69) is 15.3 Å². The zero-order valence-electron chi connectivity index (χ0n) is 9.24. The molecule has 0 spiro atoms. The van der Waals surface area contributed by atoms with Crippen LogP contribution in [0.15, 0.2) is 30.7 Å². The second-order valence-electron chi connectivity index (χ2n) is 3.71. The molecule has 0 amide bonds. The predicted molar refractivity (Wildman–Crippen MR) is 60.6 cm³/mol. The number of rotatable bonds is 4. The molecule has 0 saturated heterocycles. The summed E-state index contributed by atoms with van der Waals surface area (Å²) in [6, 6.07) is 3.90. The van der Waals surface area contributed by atoms with E-state index >= 15 is 0 Å². The molecule has 16 heavy (non-hydrogen) atoms. The fourth-order valence-electron chi connectivity index (χ4n) is 1.44. The smallest absolute Gasteiger partial charge is 0.0994 e. The van der Waals surface area contributed by atoms with E-state index in [4.69, 9.17) is 5.73 Å². The van der Waals surface area contributed by atoms with Crippen LogP contribution in [0.25, 0.3) is 0 Å². The van der Waals surface area contributed by atoms with E-state index in [1.54, 1.807) is 17.1 Å². The number of nitrogens with zero attached hydrogens (tertiary/aromatic N) is 4. The van der Waals surface area contributed by atoms with Gasteiger partial charge in [-0.2, -0.15) is 0 Å². The van der Waals surface area contributed by atoms with Crippen LogP contribution in [0.5, 0.6) is 0 Å². The minimum absolute atomic E-state index is 0.0220. The largest absolute Gasteiger partial charge is 0.323 e. The summed E-state index contributed by atoms with van der Waals surface area (Å²) in [5, 5.41) is 8.10. The van der Waals surface area contributed by atoms with E-state index < -0.39 is 0 Å². The molecule has 2 heterocycles. The van der Waals surface area contributed by atoms with Gasteiger partial charge in [0.15, 0.2) is 0 Å². The Labute approximate surface area is 94.3 Å². The lowest BCUT2D eigenvalue weighted by Gasteiger charge is -2.02. The first-order chi connectivity index (χ1) is 7.79. The summed E-state index contributed by atoms with van der Waals surface area (Å²) < 4.78 is 1.79. The normalized spacial score (nSPS) is 12.6. The van der Waals surface area contributed by atoms with Gasteiger partial charge in [-0.1, -0.05) is 12.1 Å². The van der Waals surface area contributed by atoms with E-state index in [0.29, 0.717) is 6.54 Å². The molecular formula is C11H15N5. The topological polar surface area (TPSA) is 69.6 Å². The third-order valence-corrected chi connectivity index (χ3v) is 2.47. The first-order valence-corrected chi connectivity index (χ1v) is 5.34. The van der Waals surface area contributed by atoms with Crippen molar-refractivity contribution in [1.82, 2.24) is 20.0 Å². The van der Waals surface area contributed by atoms with Crippen molar-refractivity contribution in [3.63, 3.8) is 0 Å². The maximum absolute atomic E-state index is 5.88. The van der Waals surface area contributed by atoms with E-state index in [-0.39, 0.29) is 6.04 Å². The van der Waals surface area contributed by atoms with Crippen LogP contribution >= 0.6 is 0 Å². The Morgan fingerprint density at radius 2 is 2.12 bits per heavy atom. The quantitative estimate of drug-likeness (QED) is 0.833. The summed E-state index contributed by atoms with van der Waals surface area (Å²) in [6.45, 7) is 2.73. The molecule has 84 valence electrons. The minimum Gasteiger partial charge on any atom is -0.323 e. The molecule has 0 aliphatic carbocycles. The second kappa shape index (κ2) is 4.85. The lowest BCUT2D eigenvalue weighted by molar-refractivity contribution is 0.644. The Morgan fingerprint density at radius 3 is 2.81 bits per heavy atom. The highest BCUT2D eigenvalue weighted by atomic mass is 15.4. The van der Waals surface area contributed by atoms with Crippen molar-refractivity contribution in [2.45, 2.75) is 25.9 Å². The molecule has 1 unspecified atom stereocenters. The van der Waals surface area contributed by atoms with Crippen LogP contribution in [0, 0.1) is 0 Å². The van der Waals surface area contributed by atoms with Crippen molar-refractivity contribution in [1.29, 1.82) is 0 Å². The zero-order valence-corrected chi connectivity index (χ0v) is 9.24. The SMILES string of the molecule is CCC(N)c1cn(Cc2ccncc2)nn1. The highest BCUT2D eigenvalue weighted by Gasteiger charge is 2.08. The maximum atomic E-state index is 5.88. The van der Waals surface area contributed by atoms with Crippen molar-refractivity contribution < 1.29 is 0 Å². The highest BCUT2D eigenvalue weighted by molar-refractivity contribution is 5.10. The van der Waals surface area contributed by atoms with Gasteiger partial charge in [0.25, 0.3) is 0 Å². The fourth-order valence-corrected chi connectivity index (χ4v) is 1.44. The summed E-state index contributed by atoms with van der Waals surface area (Å²) in [6.07, 6.45) is 6.30. The summed E-state index contributed by atoms with van der Waals surface area (Å²) in [5.74, 6) is 0. The van der Waals surface area contributed by atoms with E-state index in [0.717, 1.165) is 17.7 Å². The van der Waals surface area contributed by atoms with Gasteiger partial charge in [0.1, 0.15) is 0 Å². The number of aromatic nitrogens is 4. The van der Waals surface area contributed by atoms with Gasteiger partial charge in [-0.25, -0.2) is 4.68 Å². The molecule has 0 saturated carbocycles. The van der Waals surface area contributed by atoms with Gasteiger partial charge < -0.3 is 5.73 Å². The third-order valence-electron chi connectivity index (χ3n) is 2.47. The summed E-state index contributed by atoms with van der Waals surface area (Å²) >= 11 is 0. The Bertz CT molecular complexity index is 437. The summed E-state index contributed by atoms with van der Waals surface area (Å²) in [4.78, 5) is 3.97. The van der Waals surface area contributed by atoms with E-state index in [1.807, 2.05) is 25.3 Å². The van der Waals surface area contributed by atoms with Crippen LogP contribution < -0.4 is 5.73 Å². The Balaban J connectivity index is 2.09. The van der Waals surface area contributed by atoms with Gasteiger partial charge in [-0.15, -0.1) is 5.10 Å². The molecule has 0 aliphatic heterocycles. The zero-order chi connectivity index (χ0) is 11.4. The minimum atomic E-state index is -0.0220. The van der Waals surface area contributed by atoms with Gasteiger partial charge in [0.2, 0.25) is 0 Å². The van der Waals surface area contributed by atoms with Crippen LogP contribution in [0.1, 0.15) is 30.6 Å². The van der Waals surface area contributed by atoms with Gasteiger partial charge in [0, 0.05) is 12.4 Å². The molecule has 0 fully saturated rings. The molecule has 0 bridgehead atoms. The molecule has 2 N–H and O–H groups in total. The van der Waals surface area contributed by atoms with Crippen molar-refractivity contribution in [2.24, 2.45) is 5.73 Å². The van der Waals surface area contributed by atoms with Crippen molar-refractivity contribution >= 4 is 0 Å². The molecular weight excluding hydrogens is 202 g/mol. The van der Waals surface area contributed by atoms with Crippen LogP contribution in [0.4, 0.5) is 0 Å². The fraction of sp³-hybridized carbons (Fsp3) is 0.364. The molecule has 0 aromatic carbocycles. The Kier molecular flexibility index (Phi) is 3.26. The van der Waals surface area contributed by atoms with Gasteiger partial charge in [-0.05, 0) is 24.1 Å². The second-order valence-corrected chi connectivity index (χ2v) is 3.71. The average molecular weight is 217 g/mol. The maximum Gasteiger partial charge on any atom is 0.0994 e. The monoisotopic (exact) mass is 217 g/mol. The van der Waals surface area contributed by atoms with Crippen LogP contribution in [-0.2, 0) is 6.54 Å². The first-order valence-electron chi connectivity index (χ1n) is 5.34. The highest BCUT2D eigenvalue weighted by Crippen LogP contribution is 2.09. The number of hydrogen-bond donors (Lipinski definition) is 1. The summed E-state index contributed by atoms with van der Waals surface area (Å²) in [5.41, 5.74) is 7.87. The molecule has 2 aromatic rings. The van der Waals surface area contributed by atoms with Crippen molar-refractivity contribution in [3.05, 3.63) is 42.0 Å². The molecule has 0 aliphatic rings. The number of pyridine rings is 1. The predicted octanol–water partition coefficient (Wildman–Crippen LogP) is 1.13. The molecule has 2 aromatic heterocycles. The van der Waals surface area contributed by atoms with E-state index in [9.17, 15) is 0 Å². The lowest BCUT2D eigenvalue weighted by Crippen LogP contribution is -2.08. The average Bonchev–Trinajstić information content (AvgIpc) is 2.78.